The highest BCUT2D eigenvalue weighted by molar-refractivity contribution is 9.10. The summed E-state index contributed by atoms with van der Waals surface area (Å²) in [7, 11) is 1.75. The minimum Gasteiger partial charge on any atom is -0.383 e. The van der Waals surface area contributed by atoms with Crippen molar-refractivity contribution >= 4 is 38.6 Å². The SMILES string of the molecule is CCC(COC)n1ccc2c(C)nc(N(CC)c3ccc(C(C)C)cc3Br)nc21. The van der Waals surface area contributed by atoms with Crippen LogP contribution >= 0.6 is 15.9 Å². The first kappa shape index (κ1) is 21.8. The predicted octanol–water partition coefficient (Wildman–Crippen LogP) is 6.38. The highest BCUT2D eigenvalue weighted by Gasteiger charge is 2.19. The van der Waals surface area contributed by atoms with Crippen molar-refractivity contribution in [3.63, 3.8) is 0 Å². The minimum atomic E-state index is 0.256. The van der Waals surface area contributed by atoms with Gasteiger partial charge in [0.1, 0.15) is 5.65 Å². The van der Waals surface area contributed by atoms with Crippen LogP contribution in [0, 0.1) is 6.92 Å². The molecule has 3 rings (SSSR count). The highest BCUT2D eigenvalue weighted by atomic mass is 79.9. The van der Waals surface area contributed by atoms with Gasteiger partial charge in [-0.2, -0.15) is 4.98 Å². The quantitative estimate of drug-likeness (QED) is 0.392. The van der Waals surface area contributed by atoms with Gasteiger partial charge in [-0.15, -0.1) is 0 Å². The average Bonchev–Trinajstić information content (AvgIpc) is 3.12. The van der Waals surface area contributed by atoms with Crippen molar-refractivity contribution in [2.45, 2.75) is 53.0 Å². The highest BCUT2D eigenvalue weighted by Crippen LogP contribution is 2.34. The van der Waals surface area contributed by atoms with E-state index in [9.17, 15) is 0 Å². The molecule has 6 heteroatoms. The number of nitrogens with zero attached hydrogens (tertiary/aromatic N) is 4. The van der Waals surface area contributed by atoms with Gasteiger partial charge in [0.2, 0.25) is 5.95 Å². The Kier molecular flexibility index (Phi) is 6.96. The summed E-state index contributed by atoms with van der Waals surface area (Å²) < 4.78 is 8.72. The van der Waals surface area contributed by atoms with Crippen LogP contribution in [-0.4, -0.2) is 34.8 Å². The van der Waals surface area contributed by atoms with Gasteiger partial charge in [-0.3, -0.25) is 0 Å². The monoisotopic (exact) mass is 458 g/mol. The van der Waals surface area contributed by atoms with E-state index in [2.05, 4.69) is 90.5 Å². The van der Waals surface area contributed by atoms with Gasteiger partial charge >= 0.3 is 0 Å². The number of hydrogen-bond acceptors (Lipinski definition) is 4. The van der Waals surface area contributed by atoms with Gasteiger partial charge in [-0.05, 0) is 65.9 Å². The first-order valence-electron chi connectivity index (χ1n) is 10.3. The first-order valence-corrected chi connectivity index (χ1v) is 11.1. The van der Waals surface area contributed by atoms with E-state index in [1.807, 2.05) is 0 Å². The molecule has 0 aliphatic heterocycles. The number of benzene rings is 1. The van der Waals surface area contributed by atoms with Crippen LogP contribution in [0.5, 0.6) is 0 Å². The molecule has 0 saturated carbocycles. The number of methoxy groups -OCH3 is 1. The summed E-state index contributed by atoms with van der Waals surface area (Å²) in [5.74, 6) is 1.21. The number of anilines is 2. The molecule has 0 aliphatic carbocycles. The molecule has 29 heavy (non-hydrogen) atoms. The number of halogens is 1. The Balaban J connectivity index is 2.10. The lowest BCUT2D eigenvalue weighted by Crippen LogP contribution is -2.21. The molecular weight excluding hydrogens is 428 g/mol. The lowest BCUT2D eigenvalue weighted by molar-refractivity contribution is 0.155. The summed E-state index contributed by atoms with van der Waals surface area (Å²) in [6.45, 7) is 12.2. The first-order chi connectivity index (χ1) is 13.9. The molecule has 0 radical (unpaired) electrons. The van der Waals surface area contributed by atoms with E-state index in [1.165, 1.54) is 5.56 Å². The zero-order valence-electron chi connectivity index (χ0n) is 18.2. The third kappa shape index (κ3) is 4.33. The number of hydrogen-bond donors (Lipinski definition) is 0. The standard InChI is InChI=1S/C23H31BrN4O/c1-7-18(14-29-6)28-12-11-19-16(5)25-23(26-22(19)28)27(8-2)21-10-9-17(15(3)4)13-20(21)24/h9-13,15,18H,7-8,14H2,1-6H3. The second-order valence-corrected chi connectivity index (χ2v) is 8.55. The number of aryl methyl sites for hydroxylation is 1. The largest absolute Gasteiger partial charge is 0.383 e. The van der Waals surface area contributed by atoms with Crippen LogP contribution < -0.4 is 4.90 Å². The molecule has 2 aromatic heterocycles. The topological polar surface area (TPSA) is 43.2 Å². The summed E-state index contributed by atoms with van der Waals surface area (Å²) in [6, 6.07) is 8.91. The molecule has 0 N–H and O–H groups in total. The molecule has 5 nitrogen and oxygen atoms in total. The van der Waals surface area contributed by atoms with Gasteiger partial charge in [0, 0.05) is 29.7 Å². The molecule has 0 bridgehead atoms. The fraction of sp³-hybridized carbons (Fsp3) is 0.478. The van der Waals surface area contributed by atoms with Gasteiger partial charge in [0.15, 0.2) is 0 Å². The lowest BCUT2D eigenvalue weighted by atomic mass is 10.0. The van der Waals surface area contributed by atoms with Crippen LogP contribution in [0.1, 0.15) is 57.3 Å². The molecule has 1 unspecified atom stereocenters. The Morgan fingerprint density at radius 2 is 1.93 bits per heavy atom. The maximum atomic E-state index is 5.43. The van der Waals surface area contributed by atoms with Gasteiger partial charge < -0.3 is 14.2 Å². The molecule has 1 atom stereocenters. The Morgan fingerprint density at radius 1 is 1.17 bits per heavy atom. The van der Waals surface area contributed by atoms with Crippen LogP contribution in [0.2, 0.25) is 0 Å². The van der Waals surface area contributed by atoms with E-state index < -0.39 is 0 Å². The van der Waals surface area contributed by atoms with Crippen LogP contribution in [0.15, 0.2) is 34.9 Å². The van der Waals surface area contributed by atoms with Crippen molar-refractivity contribution in [1.29, 1.82) is 0 Å². The third-order valence-electron chi connectivity index (χ3n) is 5.46. The van der Waals surface area contributed by atoms with E-state index in [-0.39, 0.29) is 6.04 Å². The van der Waals surface area contributed by atoms with E-state index in [0.29, 0.717) is 12.5 Å². The molecular formula is C23H31BrN4O. The second kappa shape index (κ2) is 9.26. The van der Waals surface area contributed by atoms with E-state index >= 15 is 0 Å². The van der Waals surface area contributed by atoms with Crippen molar-refractivity contribution < 1.29 is 4.74 Å². The Bertz CT molecular complexity index is 982. The number of rotatable bonds is 8. The molecule has 156 valence electrons. The normalized spacial score (nSPS) is 12.7. The molecule has 3 aromatic rings. The van der Waals surface area contributed by atoms with Crippen LogP contribution in [-0.2, 0) is 4.74 Å². The van der Waals surface area contributed by atoms with Crippen LogP contribution in [0.4, 0.5) is 11.6 Å². The van der Waals surface area contributed by atoms with Crippen LogP contribution in [0.3, 0.4) is 0 Å². The molecule has 0 spiro atoms. The summed E-state index contributed by atoms with van der Waals surface area (Å²) in [5, 5.41) is 1.09. The van der Waals surface area contributed by atoms with E-state index in [4.69, 9.17) is 14.7 Å². The smallest absolute Gasteiger partial charge is 0.232 e. The zero-order chi connectivity index (χ0) is 21.1. The van der Waals surface area contributed by atoms with Crippen molar-refractivity contribution in [3.05, 3.63) is 46.2 Å². The average molecular weight is 459 g/mol. The van der Waals surface area contributed by atoms with Gasteiger partial charge in [-0.25, -0.2) is 4.98 Å². The number of ether oxygens (including phenoxy) is 1. The van der Waals surface area contributed by atoms with Crippen LogP contribution in [0.25, 0.3) is 11.0 Å². The van der Waals surface area contributed by atoms with Crippen molar-refractivity contribution in [1.82, 2.24) is 14.5 Å². The molecule has 0 aliphatic rings. The summed E-state index contributed by atoms with van der Waals surface area (Å²) in [6.07, 6.45) is 3.09. The molecule has 0 amide bonds. The van der Waals surface area contributed by atoms with E-state index in [1.54, 1.807) is 7.11 Å². The molecule has 0 saturated heterocycles. The summed E-state index contributed by atoms with van der Waals surface area (Å²) in [4.78, 5) is 12.0. The molecule has 0 fully saturated rings. The van der Waals surface area contributed by atoms with Crippen molar-refractivity contribution in [3.8, 4) is 0 Å². The lowest BCUT2D eigenvalue weighted by Gasteiger charge is -2.24. The Morgan fingerprint density at radius 3 is 2.52 bits per heavy atom. The Labute approximate surface area is 182 Å². The van der Waals surface area contributed by atoms with Crippen molar-refractivity contribution in [2.24, 2.45) is 0 Å². The minimum absolute atomic E-state index is 0.256. The maximum absolute atomic E-state index is 5.43. The van der Waals surface area contributed by atoms with Gasteiger partial charge in [0.05, 0.1) is 24.0 Å². The number of aromatic nitrogens is 3. The fourth-order valence-electron chi connectivity index (χ4n) is 3.69. The van der Waals surface area contributed by atoms with Gasteiger partial charge in [0.25, 0.3) is 0 Å². The summed E-state index contributed by atoms with van der Waals surface area (Å²) >= 11 is 3.77. The third-order valence-corrected chi connectivity index (χ3v) is 6.10. The fourth-order valence-corrected chi connectivity index (χ4v) is 4.30. The Hall–Kier alpha value is -1.92. The maximum Gasteiger partial charge on any atom is 0.232 e. The zero-order valence-corrected chi connectivity index (χ0v) is 19.8. The summed E-state index contributed by atoms with van der Waals surface area (Å²) in [5.41, 5.74) is 4.34. The molecule has 2 heterocycles. The molecule has 1 aromatic carbocycles. The van der Waals surface area contributed by atoms with E-state index in [0.717, 1.165) is 45.8 Å². The second-order valence-electron chi connectivity index (χ2n) is 7.70. The predicted molar refractivity (Wildman–Crippen MR) is 124 cm³/mol. The number of fused-ring (bicyclic) bond motifs is 1. The van der Waals surface area contributed by atoms with Crippen molar-refractivity contribution in [2.75, 3.05) is 25.2 Å². The van der Waals surface area contributed by atoms with Gasteiger partial charge in [-0.1, -0.05) is 26.8 Å².